The zero-order chi connectivity index (χ0) is 7.61. The molecule has 1 aliphatic rings. The largest absolute Gasteiger partial charge is 0.361 e. The number of rotatable bonds is 1. The van der Waals surface area contributed by atoms with Crippen molar-refractivity contribution < 1.29 is 9.18 Å². The van der Waals surface area contributed by atoms with Gasteiger partial charge in [0.05, 0.1) is 0 Å². The molecule has 1 aliphatic heterocycles. The van der Waals surface area contributed by atoms with E-state index in [2.05, 4.69) is 5.32 Å². The van der Waals surface area contributed by atoms with Gasteiger partial charge in [0.2, 0.25) is 0 Å². The van der Waals surface area contributed by atoms with Crippen LogP contribution in [0.1, 0.15) is 0 Å². The first-order valence-corrected chi connectivity index (χ1v) is 3.02. The Hall–Kier alpha value is -0.830. The van der Waals surface area contributed by atoms with Gasteiger partial charge in [-0.05, 0) is 12.2 Å². The standard InChI is InChI=1S/C6H5ClFNO/c7-6(4-10)2-1-5(8)3-9-6/h1-4,9H. The number of hydrogen-bond acceptors (Lipinski definition) is 2. The zero-order valence-electron chi connectivity index (χ0n) is 4.97. The van der Waals surface area contributed by atoms with E-state index in [1.54, 1.807) is 0 Å². The van der Waals surface area contributed by atoms with Gasteiger partial charge in [0, 0.05) is 6.20 Å². The van der Waals surface area contributed by atoms with Crippen molar-refractivity contribution >= 4 is 17.9 Å². The van der Waals surface area contributed by atoms with Crippen molar-refractivity contribution in [1.29, 1.82) is 0 Å². The molecule has 0 saturated carbocycles. The maximum atomic E-state index is 12.2. The molecule has 4 heteroatoms. The van der Waals surface area contributed by atoms with Crippen molar-refractivity contribution in [3.8, 4) is 0 Å². The van der Waals surface area contributed by atoms with Crippen LogP contribution in [0.25, 0.3) is 0 Å². The van der Waals surface area contributed by atoms with Gasteiger partial charge in [-0.25, -0.2) is 4.39 Å². The van der Waals surface area contributed by atoms with E-state index in [4.69, 9.17) is 11.6 Å². The molecule has 0 aromatic heterocycles. The molecule has 0 aromatic rings. The summed E-state index contributed by atoms with van der Waals surface area (Å²) in [5, 5.41) is 2.37. The predicted octanol–water partition coefficient (Wildman–Crippen LogP) is 1.09. The van der Waals surface area contributed by atoms with Crippen LogP contribution < -0.4 is 5.32 Å². The number of carbonyl (C=O) groups excluding carboxylic acids is 1. The summed E-state index contributed by atoms with van der Waals surface area (Å²) in [5.74, 6) is -0.446. The monoisotopic (exact) mass is 161 g/mol. The van der Waals surface area contributed by atoms with E-state index >= 15 is 0 Å². The number of hydrogen-bond donors (Lipinski definition) is 1. The Bertz CT molecular complexity index is 214. The third-order valence-corrected chi connectivity index (χ3v) is 1.41. The highest BCUT2D eigenvalue weighted by atomic mass is 35.5. The molecule has 1 N–H and O–H groups in total. The van der Waals surface area contributed by atoms with Gasteiger partial charge in [0.1, 0.15) is 5.83 Å². The Labute approximate surface area is 62.4 Å². The van der Waals surface area contributed by atoms with Crippen molar-refractivity contribution in [3.05, 3.63) is 24.2 Å². The molecule has 1 rings (SSSR count). The van der Waals surface area contributed by atoms with Crippen molar-refractivity contribution in [2.75, 3.05) is 0 Å². The summed E-state index contributed by atoms with van der Waals surface area (Å²) >= 11 is 5.55. The maximum Gasteiger partial charge on any atom is 0.187 e. The Morgan fingerprint density at radius 3 is 2.90 bits per heavy atom. The molecule has 0 amide bonds. The van der Waals surface area contributed by atoms with Crippen LogP contribution in [0.5, 0.6) is 0 Å². The van der Waals surface area contributed by atoms with E-state index in [0.717, 1.165) is 12.3 Å². The molecule has 54 valence electrons. The first-order chi connectivity index (χ1) is 4.66. The highest BCUT2D eigenvalue weighted by Gasteiger charge is 2.23. The molecular weight excluding hydrogens is 157 g/mol. The van der Waals surface area contributed by atoms with Crippen LogP contribution in [-0.2, 0) is 4.79 Å². The molecule has 1 unspecified atom stereocenters. The minimum atomic E-state index is -1.25. The van der Waals surface area contributed by atoms with E-state index in [0.29, 0.717) is 6.29 Å². The van der Waals surface area contributed by atoms with E-state index in [1.165, 1.54) is 6.08 Å². The van der Waals surface area contributed by atoms with Crippen LogP contribution in [0, 0.1) is 0 Å². The fraction of sp³-hybridized carbons (Fsp3) is 0.167. The second-order valence-electron chi connectivity index (χ2n) is 1.89. The van der Waals surface area contributed by atoms with Gasteiger partial charge >= 0.3 is 0 Å². The second kappa shape index (κ2) is 2.42. The molecule has 0 spiro atoms. The minimum Gasteiger partial charge on any atom is -0.361 e. The maximum absolute atomic E-state index is 12.2. The molecule has 1 atom stereocenters. The van der Waals surface area contributed by atoms with Crippen molar-refractivity contribution in [1.82, 2.24) is 5.32 Å². The number of carbonyl (C=O) groups is 1. The van der Waals surface area contributed by atoms with Crippen LogP contribution >= 0.6 is 11.6 Å². The van der Waals surface area contributed by atoms with Gasteiger partial charge in [0.15, 0.2) is 11.3 Å². The molecule has 0 fully saturated rings. The van der Waals surface area contributed by atoms with E-state index in [1.807, 2.05) is 0 Å². The van der Waals surface area contributed by atoms with Gasteiger partial charge < -0.3 is 5.32 Å². The summed E-state index contributed by atoms with van der Waals surface area (Å²) in [6.07, 6.45) is 3.92. The summed E-state index contributed by atoms with van der Waals surface area (Å²) in [6.45, 7) is 0. The van der Waals surface area contributed by atoms with Crippen LogP contribution in [0.3, 0.4) is 0 Å². The van der Waals surface area contributed by atoms with Crippen LogP contribution in [0.15, 0.2) is 24.2 Å². The van der Waals surface area contributed by atoms with Gasteiger partial charge in [-0.15, -0.1) is 0 Å². The quantitative estimate of drug-likeness (QED) is 0.354. The summed E-state index contributed by atoms with van der Waals surface area (Å²) in [5.41, 5.74) is 0. The molecule has 10 heavy (non-hydrogen) atoms. The first-order valence-electron chi connectivity index (χ1n) is 2.64. The normalized spacial score (nSPS) is 30.8. The third-order valence-electron chi connectivity index (χ3n) is 1.09. The number of aldehydes is 1. The lowest BCUT2D eigenvalue weighted by Gasteiger charge is -2.18. The predicted molar refractivity (Wildman–Crippen MR) is 36.1 cm³/mol. The summed E-state index contributed by atoms with van der Waals surface area (Å²) in [7, 11) is 0. The molecular formula is C6H5ClFNO. The van der Waals surface area contributed by atoms with Gasteiger partial charge in [0.25, 0.3) is 0 Å². The molecule has 0 bridgehead atoms. The summed E-state index contributed by atoms with van der Waals surface area (Å²) < 4.78 is 12.2. The molecule has 0 saturated heterocycles. The average Bonchev–Trinajstić information content (AvgIpc) is 1.96. The third kappa shape index (κ3) is 1.36. The van der Waals surface area contributed by atoms with Crippen molar-refractivity contribution in [3.63, 3.8) is 0 Å². The Balaban J connectivity index is 2.76. The summed E-state index contributed by atoms with van der Waals surface area (Å²) in [4.78, 5) is 8.94. The van der Waals surface area contributed by atoms with E-state index in [9.17, 15) is 9.18 Å². The van der Waals surface area contributed by atoms with Gasteiger partial charge in [-0.2, -0.15) is 0 Å². The lowest BCUT2D eigenvalue weighted by molar-refractivity contribution is -0.109. The SMILES string of the molecule is O=CC1(Cl)C=CC(F)=CN1. The number of nitrogens with one attached hydrogen (secondary N) is 1. The van der Waals surface area contributed by atoms with Crippen molar-refractivity contribution in [2.24, 2.45) is 0 Å². The topological polar surface area (TPSA) is 29.1 Å². The number of allylic oxidation sites excluding steroid dienone is 2. The van der Waals surface area contributed by atoms with Gasteiger partial charge in [-0.1, -0.05) is 11.6 Å². The van der Waals surface area contributed by atoms with E-state index in [-0.39, 0.29) is 0 Å². The second-order valence-corrected chi connectivity index (χ2v) is 2.52. The Morgan fingerprint density at radius 2 is 2.50 bits per heavy atom. The van der Waals surface area contributed by atoms with Crippen LogP contribution in [-0.4, -0.2) is 11.3 Å². The van der Waals surface area contributed by atoms with Gasteiger partial charge in [-0.3, -0.25) is 4.79 Å². The summed E-state index contributed by atoms with van der Waals surface area (Å²) in [6, 6.07) is 0. The molecule has 0 radical (unpaired) electrons. The fourth-order valence-electron chi connectivity index (χ4n) is 0.550. The number of halogens is 2. The Morgan fingerprint density at radius 1 is 1.80 bits per heavy atom. The smallest absolute Gasteiger partial charge is 0.187 e. The molecule has 0 aromatic carbocycles. The lowest BCUT2D eigenvalue weighted by Crippen LogP contribution is -2.37. The van der Waals surface area contributed by atoms with Crippen LogP contribution in [0.4, 0.5) is 4.39 Å². The van der Waals surface area contributed by atoms with Crippen molar-refractivity contribution in [2.45, 2.75) is 5.00 Å². The number of alkyl halides is 1. The fourth-order valence-corrected chi connectivity index (χ4v) is 0.668. The Kier molecular flexibility index (Phi) is 1.76. The minimum absolute atomic E-state index is 0.446. The highest BCUT2D eigenvalue weighted by molar-refractivity contribution is 6.32. The number of dihydropyridines is 1. The first kappa shape index (κ1) is 7.28. The molecule has 1 heterocycles. The zero-order valence-corrected chi connectivity index (χ0v) is 5.73. The lowest BCUT2D eigenvalue weighted by atomic mass is 10.2. The van der Waals surface area contributed by atoms with E-state index < -0.39 is 10.8 Å². The molecule has 2 nitrogen and oxygen atoms in total. The average molecular weight is 162 g/mol. The molecule has 0 aliphatic carbocycles. The highest BCUT2D eigenvalue weighted by Crippen LogP contribution is 2.16. The van der Waals surface area contributed by atoms with Crippen LogP contribution in [0.2, 0.25) is 0 Å².